The Labute approximate surface area is 199 Å². The van der Waals surface area contributed by atoms with Crippen molar-refractivity contribution in [2.24, 2.45) is 0 Å². The van der Waals surface area contributed by atoms with Gasteiger partial charge >= 0.3 is 0 Å². The molecule has 1 fully saturated rings. The number of phenols is 1. The maximum Gasteiger partial charge on any atom is 0.174 e. The number of benzene rings is 2. The fraction of sp³-hybridized carbons (Fsp3) is 0.185. The molecule has 5 rings (SSSR count). The molecule has 1 saturated heterocycles. The average molecular weight is 455 g/mol. The third-order valence-corrected chi connectivity index (χ3v) is 6.87. The number of nitrogens with zero attached hydrogens (tertiary/aromatic N) is 3. The van der Waals surface area contributed by atoms with Crippen molar-refractivity contribution < 1.29 is 5.11 Å². The van der Waals surface area contributed by atoms with Crippen LogP contribution in [0, 0.1) is 20.8 Å². The molecular formula is C27H26N4OS. The van der Waals surface area contributed by atoms with Crippen LogP contribution in [0.2, 0.25) is 0 Å². The molecule has 0 radical (unpaired) electrons. The minimum absolute atomic E-state index is 0.165. The fourth-order valence-corrected chi connectivity index (χ4v) is 5.32. The Hall–Kier alpha value is -3.64. The molecule has 0 aliphatic carbocycles. The number of nitrogens with one attached hydrogen (secondary N) is 1. The van der Waals surface area contributed by atoms with Gasteiger partial charge in [0.15, 0.2) is 5.11 Å². The first-order chi connectivity index (χ1) is 16.0. The molecule has 0 amide bonds. The molecule has 2 N–H and O–H groups in total. The maximum atomic E-state index is 10.7. The van der Waals surface area contributed by atoms with Crippen LogP contribution in [0.5, 0.6) is 5.75 Å². The maximum absolute atomic E-state index is 10.7. The first kappa shape index (κ1) is 21.2. The lowest BCUT2D eigenvalue weighted by Gasteiger charge is -2.29. The van der Waals surface area contributed by atoms with Crippen LogP contribution in [0.25, 0.3) is 5.69 Å². The predicted octanol–water partition coefficient (Wildman–Crippen LogP) is 5.68. The molecular weight excluding hydrogens is 428 g/mol. The van der Waals surface area contributed by atoms with Gasteiger partial charge in [-0.2, -0.15) is 0 Å². The van der Waals surface area contributed by atoms with Crippen LogP contribution in [0.4, 0.5) is 5.69 Å². The van der Waals surface area contributed by atoms with Crippen LogP contribution in [0.3, 0.4) is 0 Å². The first-order valence-electron chi connectivity index (χ1n) is 11.0. The minimum Gasteiger partial charge on any atom is -0.506 e. The van der Waals surface area contributed by atoms with E-state index in [0.717, 1.165) is 17.1 Å². The molecule has 0 saturated carbocycles. The van der Waals surface area contributed by atoms with Gasteiger partial charge in [0, 0.05) is 28.8 Å². The van der Waals surface area contributed by atoms with E-state index >= 15 is 0 Å². The van der Waals surface area contributed by atoms with E-state index < -0.39 is 0 Å². The topological polar surface area (TPSA) is 53.3 Å². The molecule has 0 spiro atoms. The largest absolute Gasteiger partial charge is 0.506 e. The summed E-state index contributed by atoms with van der Waals surface area (Å²) in [7, 11) is 0. The molecule has 3 heterocycles. The smallest absolute Gasteiger partial charge is 0.174 e. The number of rotatable bonds is 4. The molecule has 33 heavy (non-hydrogen) atoms. The van der Waals surface area contributed by atoms with E-state index in [1.165, 1.54) is 16.8 Å². The number of para-hydroxylation sites is 3. The van der Waals surface area contributed by atoms with Gasteiger partial charge in [0.25, 0.3) is 0 Å². The summed E-state index contributed by atoms with van der Waals surface area (Å²) in [5, 5.41) is 14.8. The van der Waals surface area contributed by atoms with Gasteiger partial charge in [0.2, 0.25) is 0 Å². The molecule has 0 bridgehead atoms. The van der Waals surface area contributed by atoms with Gasteiger partial charge in [-0.05, 0) is 75.0 Å². The molecule has 6 heteroatoms. The Balaban J connectivity index is 1.75. The number of hydrogen-bond donors (Lipinski definition) is 2. The zero-order valence-electron chi connectivity index (χ0n) is 18.9. The van der Waals surface area contributed by atoms with Crippen molar-refractivity contribution in [1.82, 2.24) is 14.9 Å². The van der Waals surface area contributed by atoms with E-state index in [0.29, 0.717) is 10.8 Å². The number of pyridine rings is 1. The predicted molar refractivity (Wildman–Crippen MR) is 136 cm³/mol. The van der Waals surface area contributed by atoms with Crippen LogP contribution in [-0.4, -0.2) is 19.8 Å². The highest BCUT2D eigenvalue weighted by Crippen LogP contribution is 2.47. The van der Waals surface area contributed by atoms with Gasteiger partial charge in [0.05, 0.1) is 23.5 Å². The molecule has 1 aliphatic heterocycles. The van der Waals surface area contributed by atoms with Crippen LogP contribution >= 0.6 is 12.2 Å². The fourth-order valence-electron chi connectivity index (χ4n) is 4.98. The average Bonchev–Trinajstić information content (AvgIpc) is 3.27. The van der Waals surface area contributed by atoms with Gasteiger partial charge in [-0.1, -0.05) is 36.4 Å². The van der Waals surface area contributed by atoms with Crippen molar-refractivity contribution in [1.29, 1.82) is 0 Å². The van der Waals surface area contributed by atoms with E-state index in [1.807, 2.05) is 47.4 Å². The SMILES string of the molecule is Cc1c([C@H]2[C@@H](c3ccccn3)NC(=S)N2c2ccccc2O)c(C)n(-c2ccccc2)c1C. The number of anilines is 1. The third-order valence-electron chi connectivity index (χ3n) is 6.56. The summed E-state index contributed by atoms with van der Waals surface area (Å²) < 4.78 is 2.30. The highest BCUT2D eigenvalue weighted by atomic mass is 32.1. The lowest BCUT2D eigenvalue weighted by atomic mass is 9.93. The normalized spacial score (nSPS) is 17.9. The lowest BCUT2D eigenvalue weighted by molar-refractivity contribution is 0.472. The first-order valence-corrected chi connectivity index (χ1v) is 11.4. The molecule has 2 aromatic carbocycles. The molecule has 0 unspecified atom stereocenters. The minimum atomic E-state index is -0.177. The summed E-state index contributed by atoms with van der Waals surface area (Å²) in [6.45, 7) is 6.47. The highest BCUT2D eigenvalue weighted by molar-refractivity contribution is 7.80. The monoisotopic (exact) mass is 454 g/mol. The van der Waals surface area contributed by atoms with E-state index in [2.05, 4.69) is 59.9 Å². The standard InChI is InChI=1S/C27H26N4OS/c1-17-18(2)30(20-11-5-4-6-12-20)19(3)24(17)26-25(21-13-9-10-16-28-21)29-27(33)31(26)22-14-7-8-15-23(22)32/h4-16,25-26,32H,1-3H3,(H,29,33)/t25-,26+/m1/s1. The van der Waals surface area contributed by atoms with E-state index in [4.69, 9.17) is 12.2 Å². The van der Waals surface area contributed by atoms with Crippen LogP contribution in [-0.2, 0) is 0 Å². The zero-order chi connectivity index (χ0) is 23.1. The van der Waals surface area contributed by atoms with Crippen LogP contribution in [0.1, 0.15) is 40.3 Å². The summed E-state index contributed by atoms with van der Waals surface area (Å²) in [6.07, 6.45) is 1.81. The Morgan fingerprint density at radius 3 is 2.27 bits per heavy atom. The Bertz CT molecular complexity index is 1320. The van der Waals surface area contributed by atoms with Gasteiger partial charge in [-0.25, -0.2) is 0 Å². The Morgan fingerprint density at radius 1 is 0.879 bits per heavy atom. The summed E-state index contributed by atoms with van der Waals surface area (Å²) >= 11 is 5.83. The Morgan fingerprint density at radius 2 is 1.58 bits per heavy atom. The third kappa shape index (κ3) is 3.47. The molecule has 2 aromatic heterocycles. The lowest BCUT2D eigenvalue weighted by Crippen LogP contribution is -2.29. The quantitative estimate of drug-likeness (QED) is 0.389. The number of hydrogen-bond acceptors (Lipinski definition) is 3. The van der Waals surface area contributed by atoms with Crippen molar-refractivity contribution in [2.75, 3.05) is 4.90 Å². The van der Waals surface area contributed by atoms with Crippen molar-refractivity contribution in [2.45, 2.75) is 32.9 Å². The molecule has 2 atom stereocenters. The number of thiocarbonyl (C=S) groups is 1. The van der Waals surface area contributed by atoms with E-state index in [9.17, 15) is 5.11 Å². The number of aromatic nitrogens is 2. The summed E-state index contributed by atoms with van der Waals surface area (Å²) in [5.41, 5.74) is 7.43. The van der Waals surface area contributed by atoms with Crippen molar-refractivity contribution in [3.8, 4) is 11.4 Å². The number of aromatic hydroxyl groups is 1. The molecule has 1 aliphatic rings. The van der Waals surface area contributed by atoms with Gasteiger partial charge in [-0.3, -0.25) is 4.98 Å². The molecule has 5 nitrogen and oxygen atoms in total. The second kappa shape index (κ2) is 8.37. The van der Waals surface area contributed by atoms with E-state index in [1.54, 1.807) is 12.3 Å². The van der Waals surface area contributed by atoms with Crippen molar-refractivity contribution >= 4 is 23.0 Å². The van der Waals surface area contributed by atoms with Gasteiger partial charge < -0.3 is 19.9 Å². The Kier molecular flexibility index (Phi) is 5.38. The summed E-state index contributed by atoms with van der Waals surface area (Å²) in [6, 6.07) is 23.3. The summed E-state index contributed by atoms with van der Waals surface area (Å²) in [5.74, 6) is 0.197. The molecule has 4 aromatic rings. The number of phenolic OH excluding ortho intramolecular Hbond substituents is 1. The molecule has 166 valence electrons. The van der Waals surface area contributed by atoms with E-state index in [-0.39, 0.29) is 17.8 Å². The summed E-state index contributed by atoms with van der Waals surface area (Å²) in [4.78, 5) is 6.69. The second-order valence-corrected chi connectivity index (χ2v) is 8.75. The second-order valence-electron chi connectivity index (χ2n) is 8.37. The van der Waals surface area contributed by atoms with Gasteiger partial charge in [-0.15, -0.1) is 0 Å². The van der Waals surface area contributed by atoms with Crippen molar-refractivity contribution in [3.05, 3.63) is 107 Å². The highest BCUT2D eigenvalue weighted by Gasteiger charge is 2.44. The van der Waals surface area contributed by atoms with Gasteiger partial charge in [0.1, 0.15) is 5.75 Å². The van der Waals surface area contributed by atoms with Crippen LogP contribution < -0.4 is 10.2 Å². The zero-order valence-corrected chi connectivity index (χ0v) is 19.7. The van der Waals surface area contributed by atoms with Crippen LogP contribution in [0.15, 0.2) is 79.0 Å². The van der Waals surface area contributed by atoms with Crippen molar-refractivity contribution in [3.63, 3.8) is 0 Å².